The van der Waals surface area contributed by atoms with E-state index in [9.17, 15) is 4.79 Å². The highest BCUT2D eigenvalue weighted by atomic mass is 32.1. The van der Waals surface area contributed by atoms with Crippen LogP contribution in [-0.2, 0) is 0 Å². The lowest BCUT2D eigenvalue weighted by Gasteiger charge is -2.32. The van der Waals surface area contributed by atoms with Crippen LogP contribution in [0.25, 0.3) is 0 Å². The number of thiocarbonyl (C=S) groups is 1. The Labute approximate surface area is 129 Å². The molecular formula is C15H18N2O3S. The molecule has 21 heavy (non-hydrogen) atoms. The van der Waals surface area contributed by atoms with Gasteiger partial charge >= 0.3 is 0 Å². The molecule has 0 aromatic heterocycles. The molecule has 0 aliphatic carbocycles. The van der Waals surface area contributed by atoms with Crippen LogP contribution in [0.4, 0.5) is 0 Å². The number of carbonyl (C=O) groups is 1. The SMILES string of the molecule is NC(=S)C1CCN(C(=O)c2cccc3c2OCCO3)CC1. The summed E-state index contributed by atoms with van der Waals surface area (Å²) >= 11 is 5.03. The highest BCUT2D eigenvalue weighted by Gasteiger charge is 2.28. The maximum absolute atomic E-state index is 12.7. The Morgan fingerprint density at radius 2 is 1.95 bits per heavy atom. The van der Waals surface area contributed by atoms with Crippen LogP contribution in [0.2, 0.25) is 0 Å². The molecule has 0 atom stereocenters. The molecule has 0 radical (unpaired) electrons. The van der Waals surface area contributed by atoms with Gasteiger partial charge in [0, 0.05) is 19.0 Å². The van der Waals surface area contributed by atoms with Crippen molar-refractivity contribution in [1.82, 2.24) is 4.90 Å². The third kappa shape index (κ3) is 2.81. The number of benzene rings is 1. The second kappa shape index (κ2) is 5.89. The average molecular weight is 306 g/mol. The van der Waals surface area contributed by atoms with Gasteiger partial charge in [-0.3, -0.25) is 4.79 Å². The van der Waals surface area contributed by atoms with Crippen molar-refractivity contribution in [3.63, 3.8) is 0 Å². The Morgan fingerprint density at radius 1 is 1.24 bits per heavy atom. The second-order valence-electron chi connectivity index (χ2n) is 5.30. The minimum Gasteiger partial charge on any atom is -0.486 e. The number of likely N-dealkylation sites (tertiary alicyclic amines) is 1. The summed E-state index contributed by atoms with van der Waals surface area (Å²) < 4.78 is 11.1. The predicted molar refractivity (Wildman–Crippen MR) is 82.8 cm³/mol. The first-order valence-electron chi connectivity index (χ1n) is 7.14. The fraction of sp³-hybridized carbons (Fsp3) is 0.467. The third-order valence-corrected chi connectivity index (χ3v) is 4.31. The highest BCUT2D eigenvalue weighted by Crippen LogP contribution is 2.34. The van der Waals surface area contributed by atoms with Crippen LogP contribution in [0, 0.1) is 5.92 Å². The quantitative estimate of drug-likeness (QED) is 0.841. The summed E-state index contributed by atoms with van der Waals surface area (Å²) in [7, 11) is 0. The maximum atomic E-state index is 12.7. The molecule has 1 aromatic rings. The first kappa shape index (κ1) is 14.1. The summed E-state index contributed by atoms with van der Waals surface area (Å²) in [5.41, 5.74) is 6.25. The zero-order valence-corrected chi connectivity index (χ0v) is 12.5. The monoisotopic (exact) mass is 306 g/mol. The molecule has 3 rings (SSSR count). The molecule has 6 heteroatoms. The van der Waals surface area contributed by atoms with Crippen molar-refractivity contribution >= 4 is 23.1 Å². The molecule has 1 aromatic carbocycles. The van der Waals surface area contributed by atoms with E-state index in [4.69, 9.17) is 27.4 Å². The lowest BCUT2D eigenvalue weighted by molar-refractivity contribution is 0.0700. The van der Waals surface area contributed by atoms with Crippen LogP contribution in [0.15, 0.2) is 18.2 Å². The molecule has 2 N–H and O–H groups in total. The topological polar surface area (TPSA) is 64.8 Å². The molecule has 1 fully saturated rings. The Balaban J connectivity index is 1.76. The zero-order valence-electron chi connectivity index (χ0n) is 11.7. The van der Waals surface area contributed by atoms with Gasteiger partial charge < -0.3 is 20.1 Å². The van der Waals surface area contributed by atoms with E-state index < -0.39 is 0 Å². The van der Waals surface area contributed by atoms with Crippen molar-refractivity contribution in [3.8, 4) is 11.5 Å². The molecular weight excluding hydrogens is 288 g/mol. The highest BCUT2D eigenvalue weighted by molar-refractivity contribution is 7.80. The fourth-order valence-corrected chi connectivity index (χ4v) is 3.02. The maximum Gasteiger partial charge on any atom is 0.257 e. The smallest absolute Gasteiger partial charge is 0.257 e. The van der Waals surface area contributed by atoms with Crippen molar-refractivity contribution in [2.24, 2.45) is 11.7 Å². The van der Waals surface area contributed by atoms with Gasteiger partial charge in [0.1, 0.15) is 13.2 Å². The summed E-state index contributed by atoms with van der Waals surface area (Å²) in [5.74, 6) is 1.43. The van der Waals surface area contributed by atoms with Gasteiger partial charge in [0.05, 0.1) is 10.6 Å². The van der Waals surface area contributed by atoms with Gasteiger partial charge in [-0.25, -0.2) is 0 Å². The molecule has 2 aliphatic rings. The zero-order chi connectivity index (χ0) is 14.8. The Bertz CT molecular complexity index is 568. The van der Waals surface area contributed by atoms with E-state index in [1.807, 2.05) is 17.0 Å². The number of piperidine rings is 1. The molecule has 1 amide bonds. The molecule has 1 saturated heterocycles. The summed E-state index contributed by atoms with van der Waals surface area (Å²) in [4.78, 5) is 15.1. The standard InChI is InChI=1S/C15H18N2O3S/c16-14(21)10-4-6-17(7-5-10)15(18)11-2-1-3-12-13(11)20-9-8-19-12/h1-3,10H,4-9H2,(H2,16,21). The van der Waals surface area contributed by atoms with E-state index >= 15 is 0 Å². The number of fused-ring (bicyclic) bond motifs is 1. The molecule has 5 nitrogen and oxygen atoms in total. The second-order valence-corrected chi connectivity index (χ2v) is 5.77. The van der Waals surface area contributed by atoms with Gasteiger partial charge in [0.25, 0.3) is 5.91 Å². The number of nitrogens with zero attached hydrogens (tertiary/aromatic N) is 1. The van der Waals surface area contributed by atoms with Gasteiger partial charge in [0.15, 0.2) is 11.5 Å². The van der Waals surface area contributed by atoms with Crippen molar-refractivity contribution in [2.75, 3.05) is 26.3 Å². The van der Waals surface area contributed by atoms with Crippen LogP contribution in [0.1, 0.15) is 23.2 Å². The van der Waals surface area contributed by atoms with E-state index in [0.717, 1.165) is 12.8 Å². The molecule has 0 saturated carbocycles. The van der Waals surface area contributed by atoms with Gasteiger partial charge in [-0.05, 0) is 25.0 Å². The molecule has 2 heterocycles. The van der Waals surface area contributed by atoms with E-state index in [2.05, 4.69) is 0 Å². The lowest BCUT2D eigenvalue weighted by atomic mass is 9.96. The van der Waals surface area contributed by atoms with Gasteiger partial charge in [-0.1, -0.05) is 18.3 Å². The van der Waals surface area contributed by atoms with Crippen molar-refractivity contribution in [2.45, 2.75) is 12.8 Å². The molecule has 0 bridgehead atoms. The van der Waals surface area contributed by atoms with Crippen LogP contribution in [0.3, 0.4) is 0 Å². The largest absolute Gasteiger partial charge is 0.486 e. The number of carbonyl (C=O) groups excluding carboxylic acids is 1. The van der Waals surface area contributed by atoms with Crippen LogP contribution < -0.4 is 15.2 Å². The van der Waals surface area contributed by atoms with E-state index in [-0.39, 0.29) is 11.8 Å². The number of para-hydroxylation sites is 1. The number of rotatable bonds is 2. The number of hydrogen-bond donors (Lipinski definition) is 1. The van der Waals surface area contributed by atoms with Gasteiger partial charge in [0.2, 0.25) is 0 Å². The lowest BCUT2D eigenvalue weighted by Crippen LogP contribution is -2.41. The van der Waals surface area contributed by atoms with Crippen LogP contribution in [0.5, 0.6) is 11.5 Å². The minimum atomic E-state index is -0.0151. The molecule has 0 spiro atoms. The number of ether oxygens (including phenoxy) is 2. The van der Waals surface area contributed by atoms with Crippen LogP contribution in [-0.4, -0.2) is 42.1 Å². The first-order chi connectivity index (χ1) is 10.2. The summed E-state index contributed by atoms with van der Waals surface area (Å²) in [6.07, 6.45) is 1.65. The van der Waals surface area contributed by atoms with Crippen molar-refractivity contribution < 1.29 is 14.3 Å². The normalized spacial score (nSPS) is 18.4. The Hall–Kier alpha value is -1.82. The van der Waals surface area contributed by atoms with Gasteiger partial charge in [-0.2, -0.15) is 0 Å². The van der Waals surface area contributed by atoms with Crippen molar-refractivity contribution in [3.05, 3.63) is 23.8 Å². The summed E-state index contributed by atoms with van der Waals surface area (Å²) in [6, 6.07) is 5.43. The number of hydrogen-bond acceptors (Lipinski definition) is 4. The number of nitrogens with two attached hydrogens (primary N) is 1. The average Bonchev–Trinajstić information content (AvgIpc) is 2.53. The number of amides is 1. The first-order valence-corrected chi connectivity index (χ1v) is 7.55. The van der Waals surface area contributed by atoms with E-state index in [0.29, 0.717) is 48.4 Å². The predicted octanol–water partition coefficient (Wildman–Crippen LogP) is 1.60. The third-order valence-electron chi connectivity index (χ3n) is 3.98. The van der Waals surface area contributed by atoms with Crippen molar-refractivity contribution in [1.29, 1.82) is 0 Å². The van der Waals surface area contributed by atoms with Gasteiger partial charge in [-0.15, -0.1) is 0 Å². The molecule has 112 valence electrons. The van der Waals surface area contributed by atoms with E-state index in [1.165, 1.54) is 0 Å². The minimum absolute atomic E-state index is 0.0151. The Morgan fingerprint density at radius 3 is 2.67 bits per heavy atom. The van der Waals surface area contributed by atoms with Crippen LogP contribution >= 0.6 is 12.2 Å². The fourth-order valence-electron chi connectivity index (χ4n) is 2.78. The Kier molecular flexibility index (Phi) is 3.96. The molecule has 0 unspecified atom stereocenters. The summed E-state index contributed by atoms with van der Waals surface area (Å²) in [6.45, 7) is 2.33. The van der Waals surface area contributed by atoms with E-state index in [1.54, 1.807) is 6.07 Å². The molecule has 2 aliphatic heterocycles. The summed E-state index contributed by atoms with van der Waals surface area (Å²) in [5, 5.41) is 0.